The lowest BCUT2D eigenvalue weighted by Crippen LogP contribution is -2.42. The van der Waals surface area contributed by atoms with Crippen molar-refractivity contribution in [2.75, 3.05) is 0 Å². The van der Waals surface area contributed by atoms with Gasteiger partial charge in [-0.1, -0.05) is 28.9 Å². The minimum atomic E-state index is -0.273. The average molecular weight is 391 g/mol. The summed E-state index contributed by atoms with van der Waals surface area (Å²) in [6.07, 6.45) is 5.21. The first-order valence-electron chi connectivity index (χ1n) is 8.90. The lowest BCUT2D eigenvalue weighted by molar-refractivity contribution is -0.132. The monoisotopic (exact) mass is 390 g/mol. The zero-order valence-electron chi connectivity index (χ0n) is 14.2. The lowest BCUT2D eigenvalue weighted by atomic mass is 9.55. The van der Waals surface area contributed by atoms with E-state index >= 15 is 0 Å². The van der Waals surface area contributed by atoms with Gasteiger partial charge in [-0.15, -0.1) is 0 Å². The summed E-state index contributed by atoms with van der Waals surface area (Å²) in [5.74, 6) is 2.43. The van der Waals surface area contributed by atoms with Gasteiger partial charge in [-0.25, -0.2) is 0 Å². The van der Waals surface area contributed by atoms with Crippen LogP contribution in [0.1, 0.15) is 56.6 Å². The maximum atomic E-state index is 12.6. The zero-order chi connectivity index (χ0) is 17.1. The largest absolute Gasteiger partial charge is 0.427 e. The quantitative estimate of drug-likeness (QED) is 0.405. The predicted molar refractivity (Wildman–Crippen MR) is 95.5 cm³/mol. The molecule has 0 spiro atoms. The van der Waals surface area contributed by atoms with Crippen LogP contribution >= 0.6 is 15.9 Å². The van der Waals surface area contributed by atoms with Gasteiger partial charge in [0.2, 0.25) is 0 Å². The Balaban J connectivity index is 1.65. The number of aryl methyl sites for hydroxylation is 1. The Hall–Kier alpha value is -1.16. The van der Waals surface area contributed by atoms with Crippen molar-refractivity contribution in [2.24, 2.45) is 17.3 Å². The number of fused-ring (bicyclic) bond motifs is 5. The molecule has 0 N–H and O–H groups in total. The van der Waals surface area contributed by atoms with Crippen molar-refractivity contribution in [3.63, 3.8) is 0 Å². The van der Waals surface area contributed by atoms with Crippen molar-refractivity contribution in [1.82, 2.24) is 0 Å². The van der Waals surface area contributed by atoms with E-state index in [1.807, 2.05) is 12.1 Å². The molecular formula is C20H23BrO3. The maximum absolute atomic E-state index is 12.6. The number of alkyl halides is 1. The molecule has 0 radical (unpaired) electrons. The molecule has 1 aromatic carbocycles. The number of ketones is 1. The Labute approximate surface area is 151 Å². The van der Waals surface area contributed by atoms with Crippen molar-refractivity contribution in [1.29, 1.82) is 0 Å². The number of carbonyl (C=O) groups is 2. The topological polar surface area (TPSA) is 43.4 Å². The van der Waals surface area contributed by atoms with Gasteiger partial charge in [0.1, 0.15) is 5.75 Å². The maximum Gasteiger partial charge on any atom is 0.308 e. The molecule has 1 aromatic rings. The van der Waals surface area contributed by atoms with Crippen LogP contribution in [0.5, 0.6) is 5.75 Å². The van der Waals surface area contributed by atoms with E-state index in [0.717, 1.165) is 32.1 Å². The summed E-state index contributed by atoms with van der Waals surface area (Å²) in [4.78, 5) is 23.8. The van der Waals surface area contributed by atoms with Crippen LogP contribution in [0.15, 0.2) is 18.2 Å². The Morgan fingerprint density at radius 3 is 2.88 bits per heavy atom. The summed E-state index contributed by atoms with van der Waals surface area (Å²) in [5, 5.41) is 0. The van der Waals surface area contributed by atoms with E-state index in [9.17, 15) is 9.59 Å². The van der Waals surface area contributed by atoms with Crippen molar-refractivity contribution < 1.29 is 14.3 Å². The van der Waals surface area contributed by atoms with Crippen LogP contribution in [0.3, 0.4) is 0 Å². The molecule has 0 aromatic heterocycles. The molecule has 24 heavy (non-hydrogen) atoms. The highest BCUT2D eigenvalue weighted by molar-refractivity contribution is 9.10. The molecule has 2 saturated carbocycles. The number of hydrogen-bond acceptors (Lipinski definition) is 3. The van der Waals surface area contributed by atoms with Gasteiger partial charge >= 0.3 is 5.97 Å². The first kappa shape index (κ1) is 16.3. The van der Waals surface area contributed by atoms with Gasteiger partial charge in [-0.2, -0.15) is 0 Å². The van der Waals surface area contributed by atoms with E-state index in [4.69, 9.17) is 4.74 Å². The van der Waals surface area contributed by atoms with E-state index in [0.29, 0.717) is 29.3 Å². The molecule has 0 amide bonds. The van der Waals surface area contributed by atoms with Gasteiger partial charge in [0, 0.05) is 12.3 Å². The van der Waals surface area contributed by atoms with Crippen LogP contribution in [-0.4, -0.2) is 16.6 Å². The third-order valence-corrected chi connectivity index (χ3v) is 7.45. The first-order valence-corrected chi connectivity index (χ1v) is 9.81. The van der Waals surface area contributed by atoms with Gasteiger partial charge in [0.15, 0.2) is 5.78 Å². The molecule has 4 heteroatoms. The van der Waals surface area contributed by atoms with Gasteiger partial charge in [-0.3, -0.25) is 9.59 Å². The summed E-state index contributed by atoms with van der Waals surface area (Å²) in [7, 11) is 0. The molecule has 0 bridgehead atoms. The van der Waals surface area contributed by atoms with Crippen molar-refractivity contribution in [2.45, 2.75) is 56.7 Å². The molecule has 3 aliphatic rings. The van der Waals surface area contributed by atoms with Gasteiger partial charge < -0.3 is 4.74 Å². The van der Waals surface area contributed by atoms with Crippen LogP contribution in [0.2, 0.25) is 0 Å². The smallest absolute Gasteiger partial charge is 0.308 e. The van der Waals surface area contributed by atoms with E-state index in [-0.39, 0.29) is 16.2 Å². The summed E-state index contributed by atoms with van der Waals surface area (Å²) in [5.41, 5.74) is 2.60. The van der Waals surface area contributed by atoms with Crippen LogP contribution in [0.4, 0.5) is 0 Å². The number of hydrogen-bond donors (Lipinski definition) is 0. The minimum Gasteiger partial charge on any atom is -0.427 e. The van der Waals surface area contributed by atoms with Crippen LogP contribution in [0.25, 0.3) is 0 Å². The third kappa shape index (κ3) is 2.37. The van der Waals surface area contributed by atoms with E-state index in [1.54, 1.807) is 0 Å². The first-order chi connectivity index (χ1) is 11.4. The molecule has 4 rings (SSSR count). The van der Waals surface area contributed by atoms with Crippen LogP contribution in [0, 0.1) is 17.3 Å². The van der Waals surface area contributed by atoms with E-state index in [1.165, 1.54) is 18.1 Å². The number of carbonyl (C=O) groups excluding carboxylic acids is 2. The molecule has 3 nitrogen and oxygen atoms in total. The number of rotatable bonds is 1. The van der Waals surface area contributed by atoms with Gasteiger partial charge in [-0.05, 0) is 73.1 Å². The second-order valence-corrected chi connectivity index (χ2v) is 9.00. The third-order valence-electron chi connectivity index (χ3n) is 6.66. The minimum absolute atomic E-state index is 0.0407. The van der Waals surface area contributed by atoms with Gasteiger partial charge in [0.05, 0.1) is 4.83 Å². The number of Topliss-reactive ketones (excluding diaryl/α,β-unsaturated/α-hetero) is 1. The molecule has 128 valence electrons. The van der Waals surface area contributed by atoms with Crippen molar-refractivity contribution >= 4 is 27.7 Å². The summed E-state index contributed by atoms with van der Waals surface area (Å²) < 4.78 is 5.24. The van der Waals surface area contributed by atoms with Crippen LogP contribution < -0.4 is 4.74 Å². The van der Waals surface area contributed by atoms with Crippen LogP contribution in [-0.2, 0) is 16.0 Å². The summed E-state index contributed by atoms with van der Waals surface area (Å²) in [6, 6.07) is 6.10. The molecule has 0 heterocycles. The highest BCUT2D eigenvalue weighted by Gasteiger charge is 2.57. The Bertz CT molecular complexity index is 713. The Kier molecular flexibility index (Phi) is 3.87. The van der Waals surface area contributed by atoms with E-state index < -0.39 is 0 Å². The highest BCUT2D eigenvalue weighted by atomic mass is 79.9. The van der Waals surface area contributed by atoms with Gasteiger partial charge in [0.25, 0.3) is 0 Å². The Morgan fingerprint density at radius 2 is 2.12 bits per heavy atom. The highest BCUT2D eigenvalue weighted by Crippen LogP contribution is 2.60. The molecular weight excluding hydrogens is 368 g/mol. The van der Waals surface area contributed by atoms with Crippen molar-refractivity contribution in [3.8, 4) is 5.75 Å². The predicted octanol–water partition coefficient (Wildman–Crippen LogP) is 4.41. The fourth-order valence-electron chi connectivity index (χ4n) is 5.54. The normalized spacial score (nSPS) is 37.4. The summed E-state index contributed by atoms with van der Waals surface area (Å²) >= 11 is 3.61. The molecule has 1 unspecified atom stereocenters. The van der Waals surface area contributed by atoms with E-state index in [2.05, 4.69) is 28.9 Å². The fraction of sp³-hybridized carbons (Fsp3) is 0.600. The number of esters is 1. The molecule has 0 saturated heterocycles. The summed E-state index contributed by atoms with van der Waals surface area (Å²) in [6.45, 7) is 3.63. The number of ether oxygens (including phenoxy) is 1. The fourth-order valence-corrected chi connectivity index (χ4v) is 6.46. The molecule has 2 fully saturated rings. The SMILES string of the molecule is CC(=O)Oc1ccc2c(c1)CC[C@@H]1[C@@H]2CC[C@]2(C)C(=O)C(Br)C[C@@H]12. The molecule has 0 aliphatic heterocycles. The molecule has 3 aliphatic carbocycles. The second-order valence-electron chi connectivity index (χ2n) is 7.89. The number of benzene rings is 1. The number of halogens is 1. The van der Waals surface area contributed by atoms with Crippen molar-refractivity contribution in [3.05, 3.63) is 29.3 Å². The standard InChI is InChI=1S/C20H23BrO3/c1-11(22)24-13-4-6-14-12(9-13)3-5-16-15(14)7-8-20(2)17(16)10-18(21)19(20)23/h4,6,9,15-18H,3,5,7-8,10H2,1-2H3/t15-,16-,17+,18?,20+/m1/s1. The Morgan fingerprint density at radius 1 is 1.33 bits per heavy atom. The zero-order valence-corrected chi connectivity index (χ0v) is 15.8. The lowest BCUT2D eigenvalue weighted by Gasteiger charge is -2.48. The average Bonchev–Trinajstić information content (AvgIpc) is 2.77. The second kappa shape index (κ2) is 5.69. The molecule has 5 atom stereocenters.